The summed E-state index contributed by atoms with van der Waals surface area (Å²) in [4.78, 5) is 64.7. The van der Waals surface area contributed by atoms with Crippen LogP contribution in [0.1, 0.15) is 162 Å². The van der Waals surface area contributed by atoms with E-state index in [0.29, 0.717) is 64.5 Å². The summed E-state index contributed by atoms with van der Waals surface area (Å²) in [5.41, 5.74) is 11.2. The van der Waals surface area contributed by atoms with Gasteiger partial charge in [0.15, 0.2) is 0 Å². The van der Waals surface area contributed by atoms with Crippen molar-refractivity contribution in [2.45, 2.75) is 191 Å². The predicted octanol–water partition coefficient (Wildman–Crippen LogP) is 3.31. The molecule has 14 nitrogen and oxygen atoms in total. The molecule has 0 spiro atoms. The molecular formula is C37H71N7O7S. The van der Waals surface area contributed by atoms with Gasteiger partial charge in [-0.15, -0.1) is 0 Å². The number of rotatable bonds is 32. The number of unbranched alkanes of at least 4 members (excludes halogenated alkanes) is 14. The summed E-state index contributed by atoms with van der Waals surface area (Å²) in [6.07, 6.45) is 19.8. The normalized spacial score (nSPS) is 15.2. The summed E-state index contributed by atoms with van der Waals surface area (Å²) in [6, 6.07) is -4.11. The fourth-order valence-electron chi connectivity index (χ4n) is 5.85. The van der Waals surface area contributed by atoms with Crippen LogP contribution in [0.3, 0.4) is 0 Å². The molecule has 0 aromatic rings. The van der Waals surface area contributed by atoms with E-state index in [1.807, 2.05) is 0 Å². The van der Waals surface area contributed by atoms with Crippen LogP contribution in [0.15, 0.2) is 0 Å². The zero-order chi connectivity index (χ0) is 38.8. The molecule has 1 aliphatic carbocycles. The van der Waals surface area contributed by atoms with E-state index in [-0.39, 0.29) is 12.3 Å². The minimum absolute atomic E-state index is 0.165. The lowest BCUT2D eigenvalue weighted by molar-refractivity contribution is -0.134. The average molecular weight is 758 g/mol. The summed E-state index contributed by atoms with van der Waals surface area (Å²) in [7, 11) is -3.81. The summed E-state index contributed by atoms with van der Waals surface area (Å²) >= 11 is 0. The molecular weight excluding hydrogens is 687 g/mol. The van der Waals surface area contributed by atoms with Gasteiger partial charge in [0.1, 0.15) is 24.2 Å². The highest BCUT2D eigenvalue weighted by Gasteiger charge is 2.38. The standard InChI is InChI=1S/C37H71N7O7S/c1-4-5-6-7-8-9-10-11-12-13-14-15-16-23-33(45)42-31(21-17-19-26-38)36(48)41-28(2)34(46)40-29(3)35(47)43-32(22-18-20-27-39)37(49)44-52(50,51)30-24-25-30/h28-32H,4-27,38-39H2,1-3H3,(H,40,46)(H,41,48)(H,42,45)(H,43,47)(H,44,49)/t28-,29-,31-,32+/m0/s1. The SMILES string of the molecule is CCCCCCCCCCCCCCCC(=O)N[C@@H](CCCCN)C(=O)N[C@@H](C)C(=O)N[C@@H](C)C(=O)N[C@H](CCCCN)C(=O)NS(=O)(=O)C1CC1. The van der Waals surface area contributed by atoms with Crippen LogP contribution in [0.5, 0.6) is 0 Å². The van der Waals surface area contributed by atoms with E-state index >= 15 is 0 Å². The van der Waals surface area contributed by atoms with Crippen LogP contribution in [0, 0.1) is 0 Å². The van der Waals surface area contributed by atoms with Crippen molar-refractivity contribution in [2.24, 2.45) is 11.5 Å². The Hall–Kier alpha value is -2.78. The largest absolute Gasteiger partial charge is 0.344 e. The van der Waals surface area contributed by atoms with Crippen LogP contribution in [0.25, 0.3) is 0 Å². The van der Waals surface area contributed by atoms with Crippen molar-refractivity contribution < 1.29 is 32.4 Å². The Kier molecular flexibility index (Phi) is 25.2. The molecule has 0 radical (unpaired) electrons. The van der Waals surface area contributed by atoms with Gasteiger partial charge in [-0.1, -0.05) is 84.0 Å². The summed E-state index contributed by atoms with van der Waals surface area (Å²) in [5, 5.41) is 9.93. The van der Waals surface area contributed by atoms with Crippen LogP contribution >= 0.6 is 0 Å². The lowest BCUT2D eigenvalue weighted by atomic mass is 10.0. The number of amides is 5. The first-order valence-electron chi connectivity index (χ1n) is 20.0. The maximum Gasteiger partial charge on any atom is 0.256 e. The maximum atomic E-state index is 13.2. The molecule has 1 aliphatic rings. The first kappa shape index (κ1) is 47.2. The molecule has 0 heterocycles. The molecule has 52 heavy (non-hydrogen) atoms. The van der Waals surface area contributed by atoms with Crippen molar-refractivity contribution in [1.82, 2.24) is 26.0 Å². The minimum atomic E-state index is -3.81. The van der Waals surface area contributed by atoms with Gasteiger partial charge < -0.3 is 32.7 Å². The first-order chi connectivity index (χ1) is 24.9. The molecule has 0 unspecified atom stereocenters. The highest BCUT2D eigenvalue weighted by Crippen LogP contribution is 2.27. The Morgan fingerprint density at radius 3 is 1.44 bits per heavy atom. The average Bonchev–Trinajstić information content (AvgIpc) is 3.96. The van der Waals surface area contributed by atoms with Crippen LogP contribution in [0.4, 0.5) is 0 Å². The third-order valence-electron chi connectivity index (χ3n) is 9.40. The van der Waals surface area contributed by atoms with Gasteiger partial charge in [0.25, 0.3) is 5.91 Å². The summed E-state index contributed by atoms with van der Waals surface area (Å²) < 4.78 is 26.7. The minimum Gasteiger partial charge on any atom is -0.344 e. The first-order valence-corrected chi connectivity index (χ1v) is 21.6. The Morgan fingerprint density at radius 2 is 0.981 bits per heavy atom. The Balaban J connectivity index is 2.53. The Bertz CT molecular complexity index is 1170. The second-order valence-electron chi connectivity index (χ2n) is 14.4. The zero-order valence-electron chi connectivity index (χ0n) is 32.3. The molecule has 1 fully saturated rings. The van der Waals surface area contributed by atoms with E-state index in [4.69, 9.17) is 11.5 Å². The lowest BCUT2D eigenvalue weighted by Crippen LogP contribution is -2.57. The molecule has 0 bridgehead atoms. The number of sulfonamides is 1. The van der Waals surface area contributed by atoms with E-state index in [0.717, 1.165) is 25.7 Å². The van der Waals surface area contributed by atoms with E-state index in [9.17, 15) is 32.4 Å². The van der Waals surface area contributed by atoms with Gasteiger partial charge in [0.2, 0.25) is 33.7 Å². The number of carbonyl (C=O) groups excluding carboxylic acids is 5. The highest BCUT2D eigenvalue weighted by molar-refractivity contribution is 7.90. The van der Waals surface area contributed by atoms with E-state index in [1.54, 1.807) is 0 Å². The van der Waals surface area contributed by atoms with Crippen LogP contribution < -0.4 is 37.5 Å². The van der Waals surface area contributed by atoms with Gasteiger partial charge in [-0.3, -0.25) is 28.7 Å². The summed E-state index contributed by atoms with van der Waals surface area (Å²) in [6.45, 7) is 5.95. The Morgan fingerprint density at radius 1 is 0.558 bits per heavy atom. The monoisotopic (exact) mass is 758 g/mol. The number of hydrogen-bond acceptors (Lipinski definition) is 9. The van der Waals surface area contributed by atoms with E-state index < -0.39 is 63.1 Å². The molecule has 1 saturated carbocycles. The van der Waals surface area contributed by atoms with Crippen LogP contribution in [-0.2, 0) is 34.0 Å². The fourth-order valence-corrected chi connectivity index (χ4v) is 7.19. The predicted molar refractivity (Wildman–Crippen MR) is 205 cm³/mol. The highest BCUT2D eigenvalue weighted by atomic mass is 32.2. The second kappa shape index (κ2) is 27.8. The molecule has 302 valence electrons. The Labute approximate surface area is 313 Å². The van der Waals surface area contributed by atoms with Crippen LogP contribution in [0.2, 0.25) is 0 Å². The van der Waals surface area contributed by atoms with Gasteiger partial charge >= 0.3 is 0 Å². The molecule has 0 aliphatic heterocycles. The molecule has 4 atom stereocenters. The van der Waals surface area contributed by atoms with Gasteiger partial charge in [-0.05, 0) is 84.7 Å². The third-order valence-corrected chi connectivity index (χ3v) is 11.2. The van der Waals surface area contributed by atoms with Crippen LogP contribution in [-0.4, -0.2) is 80.5 Å². The second-order valence-corrected chi connectivity index (χ2v) is 16.4. The third kappa shape index (κ3) is 21.7. The van der Waals surface area contributed by atoms with E-state index in [1.165, 1.54) is 71.6 Å². The zero-order valence-corrected chi connectivity index (χ0v) is 33.1. The van der Waals surface area contributed by atoms with Crippen molar-refractivity contribution in [2.75, 3.05) is 13.1 Å². The smallest absolute Gasteiger partial charge is 0.256 e. The molecule has 9 N–H and O–H groups in total. The fraction of sp³-hybridized carbons (Fsp3) is 0.865. The number of nitrogens with two attached hydrogens (primary N) is 2. The van der Waals surface area contributed by atoms with Crippen molar-refractivity contribution >= 4 is 39.6 Å². The van der Waals surface area contributed by atoms with E-state index in [2.05, 4.69) is 32.9 Å². The van der Waals surface area contributed by atoms with Gasteiger partial charge in [-0.2, -0.15) is 0 Å². The summed E-state index contributed by atoms with van der Waals surface area (Å²) in [5.74, 6) is -2.90. The number of nitrogens with one attached hydrogen (secondary N) is 5. The van der Waals surface area contributed by atoms with Gasteiger partial charge in [0.05, 0.1) is 5.25 Å². The molecule has 0 saturated heterocycles. The van der Waals surface area contributed by atoms with Gasteiger partial charge in [-0.25, -0.2) is 8.42 Å². The molecule has 15 heteroatoms. The molecule has 0 aromatic heterocycles. The maximum absolute atomic E-state index is 13.2. The van der Waals surface area contributed by atoms with Crippen molar-refractivity contribution in [3.8, 4) is 0 Å². The quantitative estimate of drug-likeness (QED) is 0.0499. The van der Waals surface area contributed by atoms with Gasteiger partial charge in [0, 0.05) is 6.42 Å². The molecule has 0 aromatic carbocycles. The van der Waals surface area contributed by atoms with Crippen molar-refractivity contribution in [1.29, 1.82) is 0 Å². The molecule has 1 rings (SSSR count). The number of hydrogen-bond donors (Lipinski definition) is 7. The number of carbonyl (C=O) groups is 5. The lowest BCUT2D eigenvalue weighted by Gasteiger charge is -2.24. The molecule has 5 amide bonds. The van der Waals surface area contributed by atoms with Crippen molar-refractivity contribution in [3.63, 3.8) is 0 Å². The topological polar surface area (TPSA) is 232 Å². The van der Waals surface area contributed by atoms with Crippen molar-refractivity contribution in [3.05, 3.63) is 0 Å².